The first-order chi connectivity index (χ1) is 10.9. The van der Waals surface area contributed by atoms with Crippen LogP contribution in [0.5, 0.6) is 0 Å². The van der Waals surface area contributed by atoms with Gasteiger partial charge in [0.2, 0.25) is 5.91 Å². The molecular weight excluding hydrogens is 297 g/mol. The Hall–Kier alpha value is -1.47. The van der Waals surface area contributed by atoms with Crippen LogP contribution in [0.1, 0.15) is 26.1 Å². The number of nitrogens with one attached hydrogen (secondary N) is 2. The lowest BCUT2D eigenvalue weighted by Crippen LogP contribution is -2.49. The molecular formula is C16H26FN5O. The zero-order chi connectivity index (χ0) is 16.6. The SMILES string of the molecule is Cn1ccnc1CN1C[C@@H](F)C[C@H]1CNC1C(=O)NCC1(C)C. The molecule has 3 rings (SSSR count). The Morgan fingerprint density at radius 1 is 1.52 bits per heavy atom. The highest BCUT2D eigenvalue weighted by Gasteiger charge is 2.42. The second-order valence-electron chi connectivity index (χ2n) is 7.42. The highest BCUT2D eigenvalue weighted by atomic mass is 19.1. The van der Waals surface area contributed by atoms with Crippen molar-refractivity contribution >= 4 is 5.91 Å². The Balaban J connectivity index is 1.61. The minimum atomic E-state index is -0.813. The molecule has 0 aliphatic carbocycles. The molecule has 2 N–H and O–H groups in total. The van der Waals surface area contributed by atoms with Gasteiger partial charge in [-0.25, -0.2) is 9.37 Å². The quantitative estimate of drug-likeness (QED) is 0.826. The van der Waals surface area contributed by atoms with Gasteiger partial charge in [0.15, 0.2) is 0 Å². The molecule has 2 aliphatic heterocycles. The number of carbonyl (C=O) groups excluding carboxylic acids is 1. The number of amides is 1. The number of nitrogens with zero attached hydrogens (tertiary/aromatic N) is 3. The van der Waals surface area contributed by atoms with Crippen LogP contribution >= 0.6 is 0 Å². The number of hydrogen-bond acceptors (Lipinski definition) is 4. The number of hydrogen-bond donors (Lipinski definition) is 2. The number of aryl methyl sites for hydroxylation is 1. The van der Waals surface area contributed by atoms with Crippen molar-refractivity contribution in [3.63, 3.8) is 0 Å². The predicted molar refractivity (Wildman–Crippen MR) is 85.5 cm³/mol. The van der Waals surface area contributed by atoms with E-state index in [9.17, 15) is 9.18 Å². The highest BCUT2D eigenvalue weighted by Crippen LogP contribution is 2.26. The number of aromatic nitrogens is 2. The van der Waals surface area contributed by atoms with Crippen molar-refractivity contribution in [2.45, 2.75) is 45.1 Å². The van der Waals surface area contributed by atoms with Crippen molar-refractivity contribution in [3.8, 4) is 0 Å². The maximum atomic E-state index is 13.9. The molecule has 6 nitrogen and oxygen atoms in total. The molecule has 0 aromatic carbocycles. The molecule has 0 saturated carbocycles. The Labute approximate surface area is 136 Å². The number of imidazole rings is 1. The average Bonchev–Trinajstić information content (AvgIpc) is 3.10. The summed E-state index contributed by atoms with van der Waals surface area (Å²) in [6.07, 6.45) is 3.35. The van der Waals surface area contributed by atoms with Crippen molar-refractivity contribution in [2.24, 2.45) is 12.5 Å². The number of halogens is 1. The summed E-state index contributed by atoms with van der Waals surface area (Å²) in [7, 11) is 1.95. The van der Waals surface area contributed by atoms with Crippen LogP contribution in [-0.2, 0) is 18.4 Å². The van der Waals surface area contributed by atoms with Crippen LogP contribution in [0.25, 0.3) is 0 Å². The molecule has 7 heteroatoms. The molecule has 2 saturated heterocycles. The number of alkyl halides is 1. The maximum absolute atomic E-state index is 13.9. The summed E-state index contributed by atoms with van der Waals surface area (Å²) in [5.41, 5.74) is -0.116. The second kappa shape index (κ2) is 6.20. The molecule has 1 aromatic heterocycles. The van der Waals surface area contributed by atoms with Crippen LogP contribution < -0.4 is 10.6 Å². The summed E-state index contributed by atoms with van der Waals surface area (Å²) >= 11 is 0. The summed E-state index contributed by atoms with van der Waals surface area (Å²) in [6, 6.07) is -0.123. The van der Waals surface area contributed by atoms with Gasteiger partial charge in [-0.1, -0.05) is 13.8 Å². The fraction of sp³-hybridized carbons (Fsp3) is 0.750. The smallest absolute Gasteiger partial charge is 0.237 e. The van der Waals surface area contributed by atoms with Gasteiger partial charge in [0.25, 0.3) is 0 Å². The summed E-state index contributed by atoms with van der Waals surface area (Å²) < 4.78 is 15.9. The predicted octanol–water partition coefficient (Wildman–Crippen LogP) is 0.447. The van der Waals surface area contributed by atoms with E-state index in [-0.39, 0.29) is 23.4 Å². The monoisotopic (exact) mass is 323 g/mol. The second-order valence-corrected chi connectivity index (χ2v) is 7.42. The summed E-state index contributed by atoms with van der Waals surface area (Å²) in [5, 5.41) is 6.26. The molecule has 1 unspecified atom stereocenters. The van der Waals surface area contributed by atoms with Crippen LogP contribution in [0.3, 0.4) is 0 Å². The maximum Gasteiger partial charge on any atom is 0.237 e. The minimum Gasteiger partial charge on any atom is -0.354 e. The van der Waals surface area contributed by atoms with Crippen LogP contribution in [0.15, 0.2) is 12.4 Å². The Morgan fingerprint density at radius 2 is 2.30 bits per heavy atom. The van der Waals surface area contributed by atoms with E-state index in [0.29, 0.717) is 32.6 Å². The molecule has 2 aliphatic rings. The molecule has 1 amide bonds. The normalized spacial score (nSPS) is 30.8. The van der Waals surface area contributed by atoms with Gasteiger partial charge in [-0.05, 0) is 6.42 Å². The minimum absolute atomic E-state index is 0.0421. The van der Waals surface area contributed by atoms with E-state index in [1.807, 2.05) is 17.8 Å². The van der Waals surface area contributed by atoms with Gasteiger partial charge in [0.05, 0.1) is 12.6 Å². The van der Waals surface area contributed by atoms with Crippen molar-refractivity contribution in [3.05, 3.63) is 18.2 Å². The van der Waals surface area contributed by atoms with Gasteiger partial charge in [-0.3, -0.25) is 9.69 Å². The van der Waals surface area contributed by atoms with E-state index in [2.05, 4.69) is 34.4 Å². The highest BCUT2D eigenvalue weighted by molar-refractivity contribution is 5.85. The standard InChI is InChI=1S/C16H26FN5O/c1-16(2)10-20-15(23)14(16)19-7-12-6-11(17)8-22(12)9-13-18-4-5-21(13)3/h4-5,11-12,14,19H,6-10H2,1-3H3,(H,20,23)/t11-,12-,14?/m0/s1. The van der Waals surface area contributed by atoms with Crippen molar-refractivity contribution in [2.75, 3.05) is 19.6 Å². The van der Waals surface area contributed by atoms with Gasteiger partial charge >= 0.3 is 0 Å². The summed E-state index contributed by atoms with van der Waals surface area (Å²) in [5.74, 6) is 0.975. The van der Waals surface area contributed by atoms with Gasteiger partial charge in [0.1, 0.15) is 12.0 Å². The third-order valence-electron chi connectivity index (χ3n) is 5.06. The summed E-state index contributed by atoms with van der Waals surface area (Å²) in [4.78, 5) is 18.4. The molecule has 23 heavy (non-hydrogen) atoms. The molecule has 0 spiro atoms. The topological polar surface area (TPSA) is 62.2 Å². The molecule has 3 heterocycles. The Kier molecular flexibility index (Phi) is 4.42. The van der Waals surface area contributed by atoms with E-state index < -0.39 is 6.17 Å². The van der Waals surface area contributed by atoms with E-state index in [0.717, 1.165) is 5.82 Å². The first-order valence-electron chi connectivity index (χ1n) is 8.22. The zero-order valence-electron chi connectivity index (χ0n) is 14.1. The van der Waals surface area contributed by atoms with E-state index in [1.165, 1.54) is 0 Å². The Bertz CT molecular complexity index is 573. The average molecular weight is 323 g/mol. The number of carbonyl (C=O) groups is 1. The van der Waals surface area contributed by atoms with E-state index in [1.54, 1.807) is 6.20 Å². The number of rotatable bonds is 5. The lowest BCUT2D eigenvalue weighted by molar-refractivity contribution is -0.121. The van der Waals surface area contributed by atoms with E-state index >= 15 is 0 Å². The first-order valence-corrected chi connectivity index (χ1v) is 8.22. The molecule has 3 atom stereocenters. The lowest BCUT2D eigenvalue weighted by Gasteiger charge is -2.29. The molecule has 0 bridgehead atoms. The van der Waals surface area contributed by atoms with Crippen molar-refractivity contribution < 1.29 is 9.18 Å². The first kappa shape index (κ1) is 16.4. The molecule has 0 radical (unpaired) electrons. The fourth-order valence-corrected chi connectivity index (χ4v) is 3.56. The summed E-state index contributed by atoms with van der Waals surface area (Å²) in [6.45, 7) is 6.50. The van der Waals surface area contributed by atoms with Crippen LogP contribution in [0.2, 0.25) is 0 Å². The molecule has 128 valence electrons. The number of likely N-dealkylation sites (tertiary alicyclic amines) is 1. The van der Waals surface area contributed by atoms with Crippen molar-refractivity contribution in [1.82, 2.24) is 25.1 Å². The fourth-order valence-electron chi connectivity index (χ4n) is 3.56. The Morgan fingerprint density at radius 3 is 2.91 bits per heavy atom. The largest absolute Gasteiger partial charge is 0.354 e. The lowest BCUT2D eigenvalue weighted by atomic mass is 9.87. The molecule has 1 aromatic rings. The van der Waals surface area contributed by atoms with Crippen LogP contribution in [0.4, 0.5) is 4.39 Å². The molecule has 2 fully saturated rings. The third-order valence-corrected chi connectivity index (χ3v) is 5.06. The van der Waals surface area contributed by atoms with Crippen LogP contribution in [0, 0.1) is 5.41 Å². The van der Waals surface area contributed by atoms with Crippen molar-refractivity contribution in [1.29, 1.82) is 0 Å². The van der Waals surface area contributed by atoms with Gasteiger partial charge < -0.3 is 15.2 Å². The van der Waals surface area contributed by atoms with Gasteiger partial charge in [-0.2, -0.15) is 0 Å². The van der Waals surface area contributed by atoms with Gasteiger partial charge in [0, 0.05) is 50.5 Å². The third kappa shape index (κ3) is 3.40. The van der Waals surface area contributed by atoms with E-state index in [4.69, 9.17) is 0 Å². The van der Waals surface area contributed by atoms with Gasteiger partial charge in [-0.15, -0.1) is 0 Å². The zero-order valence-corrected chi connectivity index (χ0v) is 14.1. The van der Waals surface area contributed by atoms with Crippen LogP contribution in [-0.4, -0.2) is 58.2 Å².